The SMILES string of the molecule is O=C(c1ccc(F)cc1)C1CCN(C(=O)CCCc2nc3c(F)cccc3c(=O)[nH]2)CC1. The van der Waals surface area contributed by atoms with E-state index in [1.165, 1.54) is 42.5 Å². The summed E-state index contributed by atoms with van der Waals surface area (Å²) in [6.07, 6.45) is 2.23. The minimum atomic E-state index is -0.552. The predicted octanol–water partition coefficient (Wildman–Crippen LogP) is 3.65. The lowest BCUT2D eigenvalue weighted by Gasteiger charge is -2.31. The number of carbonyl (C=O) groups is 2. The number of halogens is 2. The fourth-order valence-electron chi connectivity index (χ4n) is 4.10. The van der Waals surface area contributed by atoms with Gasteiger partial charge in [-0.3, -0.25) is 14.4 Å². The van der Waals surface area contributed by atoms with Gasteiger partial charge in [0.25, 0.3) is 5.56 Å². The van der Waals surface area contributed by atoms with E-state index in [4.69, 9.17) is 0 Å². The maximum atomic E-state index is 13.9. The average molecular weight is 439 g/mol. The molecule has 1 aliphatic rings. The fraction of sp³-hybridized carbons (Fsp3) is 0.333. The maximum absolute atomic E-state index is 13.9. The number of hydrogen-bond donors (Lipinski definition) is 1. The molecule has 0 aliphatic carbocycles. The van der Waals surface area contributed by atoms with Gasteiger partial charge in [-0.15, -0.1) is 0 Å². The molecule has 1 fully saturated rings. The van der Waals surface area contributed by atoms with Crippen molar-refractivity contribution >= 4 is 22.6 Å². The summed E-state index contributed by atoms with van der Waals surface area (Å²) < 4.78 is 27.0. The fourth-order valence-corrected chi connectivity index (χ4v) is 4.10. The van der Waals surface area contributed by atoms with Crippen LogP contribution in [-0.4, -0.2) is 39.6 Å². The molecule has 2 heterocycles. The van der Waals surface area contributed by atoms with Gasteiger partial charge in [-0.05, 0) is 55.7 Å². The number of fused-ring (bicyclic) bond motifs is 1. The van der Waals surface area contributed by atoms with Crippen molar-refractivity contribution in [1.82, 2.24) is 14.9 Å². The number of nitrogens with zero attached hydrogens (tertiary/aromatic N) is 2. The van der Waals surface area contributed by atoms with Crippen molar-refractivity contribution in [1.29, 1.82) is 0 Å². The van der Waals surface area contributed by atoms with Crippen molar-refractivity contribution in [3.63, 3.8) is 0 Å². The number of benzene rings is 2. The first-order valence-electron chi connectivity index (χ1n) is 10.7. The molecule has 6 nitrogen and oxygen atoms in total. The molecule has 0 radical (unpaired) electrons. The Labute approximate surface area is 183 Å². The van der Waals surface area contributed by atoms with Crippen LogP contribution >= 0.6 is 0 Å². The lowest BCUT2D eigenvalue weighted by atomic mass is 9.88. The van der Waals surface area contributed by atoms with E-state index >= 15 is 0 Å². The van der Waals surface area contributed by atoms with Gasteiger partial charge in [0, 0.05) is 37.4 Å². The van der Waals surface area contributed by atoms with E-state index < -0.39 is 11.4 Å². The number of nitrogens with one attached hydrogen (secondary N) is 1. The van der Waals surface area contributed by atoms with Gasteiger partial charge in [0.15, 0.2) is 5.78 Å². The molecule has 0 spiro atoms. The molecule has 0 bridgehead atoms. The Balaban J connectivity index is 1.28. The summed E-state index contributed by atoms with van der Waals surface area (Å²) in [5, 5.41) is 0.197. The lowest BCUT2D eigenvalue weighted by Crippen LogP contribution is -2.40. The first-order chi connectivity index (χ1) is 15.4. The predicted molar refractivity (Wildman–Crippen MR) is 115 cm³/mol. The van der Waals surface area contributed by atoms with E-state index in [1.54, 1.807) is 4.90 Å². The zero-order valence-electron chi connectivity index (χ0n) is 17.4. The van der Waals surface area contributed by atoms with Crippen LogP contribution in [0, 0.1) is 17.6 Å². The molecule has 1 amide bonds. The average Bonchev–Trinajstić information content (AvgIpc) is 2.80. The summed E-state index contributed by atoms with van der Waals surface area (Å²) in [5.74, 6) is -0.794. The standard InChI is InChI=1S/C24H23F2N3O3/c25-17-9-7-15(8-10-17)23(31)16-11-13-29(14-12-16)21(30)6-2-5-20-27-22-18(24(32)28-20)3-1-4-19(22)26/h1,3-4,7-10,16H,2,5-6,11-14H2,(H,27,28,32). The van der Waals surface area contributed by atoms with Crippen molar-refractivity contribution < 1.29 is 18.4 Å². The van der Waals surface area contributed by atoms with E-state index in [0.29, 0.717) is 50.2 Å². The number of aromatic nitrogens is 2. The first kappa shape index (κ1) is 21.8. The number of amides is 1. The number of likely N-dealkylation sites (tertiary alicyclic amines) is 1. The molecular weight excluding hydrogens is 416 g/mol. The monoisotopic (exact) mass is 439 g/mol. The van der Waals surface area contributed by atoms with Crippen molar-refractivity contribution in [3.8, 4) is 0 Å². The number of H-pyrrole nitrogens is 1. The highest BCUT2D eigenvalue weighted by Gasteiger charge is 2.27. The summed E-state index contributed by atoms with van der Waals surface area (Å²) in [4.78, 5) is 45.8. The molecule has 3 aromatic rings. The van der Waals surface area contributed by atoms with Gasteiger partial charge >= 0.3 is 0 Å². The number of hydrogen-bond acceptors (Lipinski definition) is 4. The second-order valence-corrected chi connectivity index (χ2v) is 8.03. The van der Waals surface area contributed by atoms with Crippen molar-refractivity contribution in [2.24, 2.45) is 5.92 Å². The Hall–Kier alpha value is -3.42. The highest BCUT2D eigenvalue weighted by molar-refractivity contribution is 5.98. The number of aromatic amines is 1. The number of ketones is 1. The highest BCUT2D eigenvalue weighted by atomic mass is 19.1. The Morgan fingerprint density at radius 2 is 1.78 bits per heavy atom. The van der Waals surface area contributed by atoms with Gasteiger partial charge < -0.3 is 9.88 Å². The largest absolute Gasteiger partial charge is 0.343 e. The van der Waals surface area contributed by atoms with Crippen LogP contribution in [0.2, 0.25) is 0 Å². The van der Waals surface area contributed by atoms with Crippen LogP contribution in [0.15, 0.2) is 47.3 Å². The summed E-state index contributed by atoms with van der Waals surface area (Å²) >= 11 is 0. The molecule has 0 unspecified atom stereocenters. The number of rotatable bonds is 6. The molecule has 166 valence electrons. The molecular formula is C24H23F2N3O3. The molecule has 1 aromatic heterocycles. The van der Waals surface area contributed by atoms with E-state index in [0.717, 1.165) is 0 Å². The van der Waals surface area contributed by atoms with Crippen molar-refractivity contribution in [2.45, 2.75) is 32.1 Å². The van der Waals surface area contributed by atoms with Crippen molar-refractivity contribution in [2.75, 3.05) is 13.1 Å². The third-order valence-electron chi connectivity index (χ3n) is 5.89. The van der Waals surface area contributed by atoms with Gasteiger partial charge in [-0.2, -0.15) is 0 Å². The van der Waals surface area contributed by atoms with Crippen LogP contribution in [-0.2, 0) is 11.2 Å². The molecule has 2 aromatic carbocycles. The van der Waals surface area contributed by atoms with Gasteiger partial charge in [-0.25, -0.2) is 13.8 Å². The minimum absolute atomic E-state index is 0.0179. The van der Waals surface area contributed by atoms with Crippen LogP contribution in [0.3, 0.4) is 0 Å². The molecule has 32 heavy (non-hydrogen) atoms. The Kier molecular flexibility index (Phi) is 6.39. The first-order valence-corrected chi connectivity index (χ1v) is 10.7. The van der Waals surface area contributed by atoms with Gasteiger partial charge in [0.05, 0.1) is 5.39 Å². The number of Topliss-reactive ketones (excluding diaryl/α,β-unsaturated/α-hetero) is 1. The third-order valence-corrected chi connectivity index (χ3v) is 5.89. The van der Waals surface area contributed by atoms with E-state index in [9.17, 15) is 23.2 Å². The van der Waals surface area contributed by atoms with Gasteiger partial charge in [-0.1, -0.05) is 6.07 Å². The van der Waals surface area contributed by atoms with Gasteiger partial charge in [0.2, 0.25) is 5.91 Å². The molecule has 1 N–H and O–H groups in total. The minimum Gasteiger partial charge on any atom is -0.343 e. The van der Waals surface area contributed by atoms with E-state index in [-0.39, 0.29) is 40.7 Å². The lowest BCUT2D eigenvalue weighted by molar-refractivity contribution is -0.132. The topological polar surface area (TPSA) is 83.1 Å². The number of para-hydroxylation sites is 1. The third kappa shape index (κ3) is 4.74. The summed E-state index contributed by atoms with van der Waals surface area (Å²) in [7, 11) is 0. The molecule has 4 rings (SSSR count). The summed E-state index contributed by atoms with van der Waals surface area (Å²) in [6, 6.07) is 9.77. The van der Waals surface area contributed by atoms with Crippen LogP contribution in [0.4, 0.5) is 8.78 Å². The number of aryl methyl sites for hydroxylation is 1. The summed E-state index contributed by atoms with van der Waals surface area (Å²) in [6.45, 7) is 0.986. The second kappa shape index (κ2) is 9.38. The molecule has 8 heteroatoms. The molecule has 0 saturated carbocycles. The maximum Gasteiger partial charge on any atom is 0.258 e. The van der Waals surface area contributed by atoms with Crippen molar-refractivity contribution in [3.05, 3.63) is 75.8 Å². The Bertz CT molecular complexity index is 1200. The Morgan fingerprint density at radius 3 is 2.50 bits per heavy atom. The highest BCUT2D eigenvalue weighted by Crippen LogP contribution is 2.23. The summed E-state index contributed by atoms with van der Waals surface area (Å²) in [5.41, 5.74) is 0.124. The van der Waals surface area contributed by atoms with E-state index in [1.807, 2.05) is 0 Å². The number of piperidine rings is 1. The van der Waals surface area contributed by atoms with Crippen LogP contribution < -0.4 is 5.56 Å². The van der Waals surface area contributed by atoms with Gasteiger partial charge in [0.1, 0.15) is 23.0 Å². The second-order valence-electron chi connectivity index (χ2n) is 8.03. The van der Waals surface area contributed by atoms with Crippen LogP contribution in [0.25, 0.3) is 10.9 Å². The molecule has 1 aliphatic heterocycles. The number of carbonyl (C=O) groups excluding carboxylic acids is 2. The quantitative estimate of drug-likeness (QED) is 0.595. The zero-order valence-corrected chi connectivity index (χ0v) is 17.4. The molecule has 0 atom stereocenters. The zero-order chi connectivity index (χ0) is 22.7. The Morgan fingerprint density at radius 1 is 1.06 bits per heavy atom. The van der Waals surface area contributed by atoms with Crippen LogP contribution in [0.1, 0.15) is 41.9 Å². The molecule has 1 saturated heterocycles. The van der Waals surface area contributed by atoms with E-state index in [2.05, 4.69) is 9.97 Å². The van der Waals surface area contributed by atoms with Crippen LogP contribution in [0.5, 0.6) is 0 Å². The normalized spacial score (nSPS) is 14.6. The smallest absolute Gasteiger partial charge is 0.258 e.